The molecule has 0 saturated heterocycles. The van der Waals surface area contributed by atoms with Crippen LogP contribution in [-0.2, 0) is 6.42 Å². The minimum absolute atomic E-state index is 0.132. The van der Waals surface area contributed by atoms with Crippen molar-refractivity contribution in [2.75, 3.05) is 0 Å². The number of aliphatic hydroxyl groups is 1. The molecule has 1 aromatic rings. The van der Waals surface area contributed by atoms with E-state index in [-0.39, 0.29) is 16.7 Å². The fraction of sp³-hybridized carbons (Fsp3) is 0.375. The second kappa shape index (κ2) is 4.22. The molecule has 0 amide bonds. The van der Waals surface area contributed by atoms with Crippen molar-refractivity contribution in [1.82, 2.24) is 4.98 Å². The molecule has 0 fully saturated rings. The highest BCUT2D eigenvalue weighted by Crippen LogP contribution is 2.21. The lowest BCUT2D eigenvalue weighted by Crippen LogP contribution is -2.06. The molecule has 0 spiro atoms. The Morgan fingerprint density at radius 1 is 1.54 bits per heavy atom. The molecule has 1 aromatic heterocycles. The maximum atomic E-state index is 12.9. The molecule has 13 heavy (non-hydrogen) atoms. The van der Waals surface area contributed by atoms with E-state index in [9.17, 15) is 4.39 Å². The molecule has 1 N–H and O–H groups in total. The highest BCUT2D eigenvalue weighted by Gasteiger charge is 2.10. The summed E-state index contributed by atoms with van der Waals surface area (Å²) in [6.45, 7) is 1.59. The van der Waals surface area contributed by atoms with Crippen LogP contribution < -0.4 is 0 Å². The average molecular weight is 224 g/mol. The van der Waals surface area contributed by atoms with Crippen molar-refractivity contribution >= 4 is 23.2 Å². The summed E-state index contributed by atoms with van der Waals surface area (Å²) in [7, 11) is 0. The second-order valence-electron chi connectivity index (χ2n) is 2.76. The lowest BCUT2D eigenvalue weighted by atomic mass is 10.1. The van der Waals surface area contributed by atoms with Crippen LogP contribution in [0.25, 0.3) is 0 Å². The first-order chi connectivity index (χ1) is 6.00. The van der Waals surface area contributed by atoms with Gasteiger partial charge in [-0.15, -0.1) is 0 Å². The Labute approximate surface area is 85.3 Å². The van der Waals surface area contributed by atoms with Crippen molar-refractivity contribution < 1.29 is 9.50 Å². The molecular weight excluding hydrogens is 216 g/mol. The SMILES string of the molecule is C[C@H](O)Cc1cc(F)c(Cl)nc1Cl. The highest BCUT2D eigenvalue weighted by molar-refractivity contribution is 6.32. The summed E-state index contributed by atoms with van der Waals surface area (Å²) in [5, 5.41) is 8.93. The summed E-state index contributed by atoms with van der Waals surface area (Å²) in [6.07, 6.45) is -0.320. The van der Waals surface area contributed by atoms with Gasteiger partial charge in [0.1, 0.15) is 5.15 Å². The van der Waals surface area contributed by atoms with Crippen molar-refractivity contribution in [3.63, 3.8) is 0 Å². The van der Waals surface area contributed by atoms with E-state index in [1.165, 1.54) is 6.07 Å². The first kappa shape index (κ1) is 10.7. The van der Waals surface area contributed by atoms with Crippen molar-refractivity contribution in [3.8, 4) is 0 Å². The van der Waals surface area contributed by atoms with Crippen LogP contribution in [0.5, 0.6) is 0 Å². The Bertz CT molecular complexity index is 317. The predicted molar refractivity (Wildman–Crippen MR) is 49.6 cm³/mol. The Balaban J connectivity index is 3.01. The van der Waals surface area contributed by atoms with Crippen LogP contribution in [-0.4, -0.2) is 16.2 Å². The van der Waals surface area contributed by atoms with Crippen molar-refractivity contribution in [3.05, 3.63) is 27.8 Å². The van der Waals surface area contributed by atoms with E-state index in [0.29, 0.717) is 5.56 Å². The third kappa shape index (κ3) is 2.79. The number of halogens is 3. The number of aromatic nitrogens is 1. The number of pyridine rings is 1. The summed E-state index contributed by atoms with van der Waals surface area (Å²) in [6, 6.07) is 1.18. The maximum absolute atomic E-state index is 12.9. The van der Waals surface area contributed by atoms with Gasteiger partial charge in [-0.3, -0.25) is 0 Å². The van der Waals surface area contributed by atoms with E-state index < -0.39 is 11.9 Å². The first-order valence-corrected chi connectivity index (χ1v) is 4.44. The third-order valence-electron chi connectivity index (χ3n) is 1.47. The second-order valence-corrected chi connectivity index (χ2v) is 3.48. The molecule has 0 aliphatic carbocycles. The quantitative estimate of drug-likeness (QED) is 0.782. The van der Waals surface area contributed by atoms with E-state index in [2.05, 4.69) is 4.98 Å². The van der Waals surface area contributed by atoms with E-state index >= 15 is 0 Å². The normalized spacial score (nSPS) is 13.0. The minimum Gasteiger partial charge on any atom is -0.393 e. The van der Waals surface area contributed by atoms with Crippen molar-refractivity contribution in [2.45, 2.75) is 19.4 Å². The smallest absolute Gasteiger partial charge is 0.166 e. The van der Waals surface area contributed by atoms with Crippen LogP contribution in [0.4, 0.5) is 4.39 Å². The minimum atomic E-state index is -0.623. The molecule has 0 radical (unpaired) electrons. The largest absolute Gasteiger partial charge is 0.393 e. The van der Waals surface area contributed by atoms with Crippen LogP contribution >= 0.6 is 23.2 Å². The van der Waals surface area contributed by atoms with Gasteiger partial charge in [0.25, 0.3) is 0 Å². The molecule has 1 rings (SSSR count). The lowest BCUT2D eigenvalue weighted by molar-refractivity contribution is 0.195. The summed E-state index contributed by atoms with van der Waals surface area (Å²) >= 11 is 11.1. The van der Waals surface area contributed by atoms with Gasteiger partial charge in [-0.2, -0.15) is 0 Å². The molecule has 5 heteroatoms. The number of rotatable bonds is 2. The van der Waals surface area contributed by atoms with Crippen molar-refractivity contribution in [2.24, 2.45) is 0 Å². The molecule has 0 aromatic carbocycles. The number of aliphatic hydroxyl groups excluding tert-OH is 1. The van der Waals surface area contributed by atoms with E-state index in [1.807, 2.05) is 0 Å². The van der Waals surface area contributed by atoms with Crippen LogP contribution in [0.1, 0.15) is 12.5 Å². The van der Waals surface area contributed by atoms with Gasteiger partial charge < -0.3 is 5.11 Å². The molecule has 0 aliphatic rings. The van der Waals surface area contributed by atoms with Gasteiger partial charge in [0.2, 0.25) is 0 Å². The van der Waals surface area contributed by atoms with E-state index in [4.69, 9.17) is 28.3 Å². The highest BCUT2D eigenvalue weighted by atomic mass is 35.5. The summed E-state index contributed by atoms with van der Waals surface area (Å²) < 4.78 is 12.9. The maximum Gasteiger partial charge on any atom is 0.166 e. The Kier molecular flexibility index (Phi) is 3.47. The fourth-order valence-corrected chi connectivity index (χ4v) is 1.34. The fourth-order valence-electron chi connectivity index (χ4n) is 0.945. The summed E-state index contributed by atoms with van der Waals surface area (Å²) in [5.74, 6) is -0.623. The molecule has 0 unspecified atom stereocenters. The molecule has 1 atom stereocenters. The van der Waals surface area contributed by atoms with Crippen LogP contribution in [0.3, 0.4) is 0 Å². The van der Waals surface area contributed by atoms with Gasteiger partial charge in [-0.1, -0.05) is 23.2 Å². The number of hydrogen-bond donors (Lipinski definition) is 1. The monoisotopic (exact) mass is 223 g/mol. The van der Waals surface area contributed by atoms with E-state index in [1.54, 1.807) is 6.92 Å². The zero-order valence-electron chi connectivity index (χ0n) is 6.89. The van der Waals surface area contributed by atoms with Crippen LogP contribution in [0.2, 0.25) is 10.3 Å². The zero-order chi connectivity index (χ0) is 10.0. The van der Waals surface area contributed by atoms with E-state index in [0.717, 1.165) is 0 Å². The molecule has 2 nitrogen and oxygen atoms in total. The first-order valence-electron chi connectivity index (χ1n) is 3.69. The van der Waals surface area contributed by atoms with Gasteiger partial charge >= 0.3 is 0 Å². The van der Waals surface area contributed by atoms with Crippen LogP contribution in [0.15, 0.2) is 6.07 Å². The van der Waals surface area contributed by atoms with Gasteiger partial charge in [-0.05, 0) is 18.6 Å². The third-order valence-corrected chi connectivity index (χ3v) is 2.07. The molecule has 1 heterocycles. The van der Waals surface area contributed by atoms with Gasteiger partial charge in [0.05, 0.1) is 6.10 Å². The average Bonchev–Trinajstić information content (AvgIpc) is 1.99. The molecule has 0 aliphatic heterocycles. The summed E-state index contributed by atoms with van der Waals surface area (Å²) in [5.41, 5.74) is 0.457. The molecule has 0 bridgehead atoms. The Morgan fingerprint density at radius 3 is 2.69 bits per heavy atom. The molecular formula is C8H8Cl2FNO. The molecule has 72 valence electrons. The zero-order valence-corrected chi connectivity index (χ0v) is 8.40. The Morgan fingerprint density at radius 2 is 2.15 bits per heavy atom. The van der Waals surface area contributed by atoms with Gasteiger partial charge in [0, 0.05) is 6.42 Å². The topological polar surface area (TPSA) is 33.1 Å². The predicted octanol–water partition coefficient (Wildman–Crippen LogP) is 2.45. The number of hydrogen-bond acceptors (Lipinski definition) is 2. The number of nitrogens with zero attached hydrogens (tertiary/aromatic N) is 1. The van der Waals surface area contributed by atoms with Gasteiger partial charge in [-0.25, -0.2) is 9.37 Å². The standard InChI is InChI=1S/C8H8Cl2FNO/c1-4(13)2-5-3-6(11)8(10)12-7(5)9/h3-4,13H,2H2,1H3/t4-/m0/s1. The lowest BCUT2D eigenvalue weighted by Gasteiger charge is -2.06. The van der Waals surface area contributed by atoms with Gasteiger partial charge in [0.15, 0.2) is 11.0 Å². The van der Waals surface area contributed by atoms with Crippen molar-refractivity contribution in [1.29, 1.82) is 0 Å². The summed E-state index contributed by atoms with van der Waals surface area (Å²) in [4.78, 5) is 3.57. The van der Waals surface area contributed by atoms with Crippen LogP contribution in [0, 0.1) is 5.82 Å². The Hall–Kier alpha value is -0.380. The molecule has 0 saturated carbocycles.